The van der Waals surface area contributed by atoms with Gasteiger partial charge in [0.05, 0.1) is 10.4 Å². The van der Waals surface area contributed by atoms with Gasteiger partial charge in [0.25, 0.3) is 10.0 Å². The van der Waals surface area contributed by atoms with Crippen LogP contribution in [0.5, 0.6) is 0 Å². The van der Waals surface area contributed by atoms with Gasteiger partial charge in [-0.2, -0.15) is 0 Å². The molecule has 0 atom stereocenters. The van der Waals surface area contributed by atoms with E-state index in [-0.39, 0.29) is 0 Å². The molecule has 1 aromatic heterocycles. The molecular formula is C19H20BrNO2S. The third-order valence-electron chi connectivity index (χ3n) is 4.18. The van der Waals surface area contributed by atoms with E-state index in [0.29, 0.717) is 4.90 Å². The van der Waals surface area contributed by atoms with Crippen LogP contribution in [0.15, 0.2) is 57.9 Å². The quantitative estimate of drug-likeness (QED) is 0.578. The second-order valence-corrected chi connectivity index (χ2v) is 8.54. The van der Waals surface area contributed by atoms with Gasteiger partial charge >= 0.3 is 0 Å². The third-order valence-corrected chi connectivity index (χ3v) is 6.83. The second-order valence-electron chi connectivity index (χ2n) is 5.96. The van der Waals surface area contributed by atoms with Crippen molar-refractivity contribution in [3.05, 3.63) is 64.3 Å². The first-order valence-corrected chi connectivity index (χ1v) is 10.3. The Bertz CT molecular complexity index is 973. The van der Waals surface area contributed by atoms with Crippen LogP contribution >= 0.6 is 15.9 Å². The zero-order valence-electron chi connectivity index (χ0n) is 13.8. The predicted octanol–water partition coefficient (Wildman–Crippen LogP) is 5.29. The van der Waals surface area contributed by atoms with Crippen molar-refractivity contribution in [1.29, 1.82) is 0 Å². The monoisotopic (exact) mass is 405 g/mol. The molecule has 3 aromatic rings. The van der Waals surface area contributed by atoms with Gasteiger partial charge in [0.15, 0.2) is 0 Å². The molecule has 1 heterocycles. The molecule has 0 spiro atoms. The van der Waals surface area contributed by atoms with E-state index in [4.69, 9.17) is 0 Å². The lowest BCUT2D eigenvalue weighted by molar-refractivity contribution is 0.586. The number of rotatable bonds is 5. The number of nitrogens with zero attached hydrogens (tertiary/aromatic N) is 1. The number of unbranched alkanes of at least 4 members (excludes halogenated alkanes) is 1. The van der Waals surface area contributed by atoms with E-state index >= 15 is 0 Å². The molecule has 0 saturated heterocycles. The fourth-order valence-electron chi connectivity index (χ4n) is 2.87. The molecule has 2 aromatic carbocycles. The highest BCUT2D eigenvalue weighted by Crippen LogP contribution is 2.35. The lowest BCUT2D eigenvalue weighted by atomic mass is 10.2. The molecule has 5 heteroatoms. The standard InChI is InChI=1S/C19H20BrNO2S/c1-3-4-8-18-19(20)16-7-5-6-9-17(16)21(18)24(22,23)15-12-10-14(2)11-13-15/h5-7,9-13H,3-4,8H2,1-2H3. The summed E-state index contributed by atoms with van der Waals surface area (Å²) in [6, 6.07) is 14.6. The van der Waals surface area contributed by atoms with Crippen LogP contribution in [0.2, 0.25) is 0 Å². The Morgan fingerprint density at radius 2 is 1.71 bits per heavy atom. The van der Waals surface area contributed by atoms with Gasteiger partial charge in [-0.25, -0.2) is 12.4 Å². The zero-order valence-corrected chi connectivity index (χ0v) is 16.2. The van der Waals surface area contributed by atoms with Crippen molar-refractivity contribution in [3.63, 3.8) is 0 Å². The molecule has 0 bridgehead atoms. The summed E-state index contributed by atoms with van der Waals surface area (Å²) in [5.74, 6) is 0. The molecule has 0 aliphatic carbocycles. The lowest BCUT2D eigenvalue weighted by Gasteiger charge is -2.12. The van der Waals surface area contributed by atoms with Crippen molar-refractivity contribution in [3.8, 4) is 0 Å². The number of benzene rings is 2. The Hall–Kier alpha value is -1.59. The fourth-order valence-corrected chi connectivity index (χ4v) is 5.28. The van der Waals surface area contributed by atoms with E-state index in [0.717, 1.165) is 45.9 Å². The van der Waals surface area contributed by atoms with Gasteiger partial charge in [-0.1, -0.05) is 49.2 Å². The van der Waals surface area contributed by atoms with E-state index < -0.39 is 10.0 Å². The van der Waals surface area contributed by atoms with E-state index in [1.165, 1.54) is 3.97 Å². The summed E-state index contributed by atoms with van der Waals surface area (Å²) in [7, 11) is -3.64. The molecule has 3 nitrogen and oxygen atoms in total. The van der Waals surface area contributed by atoms with Crippen molar-refractivity contribution in [2.24, 2.45) is 0 Å². The summed E-state index contributed by atoms with van der Waals surface area (Å²) in [4.78, 5) is 0.319. The number of para-hydroxylation sites is 1. The Balaban J connectivity index is 2.29. The molecule has 0 fully saturated rings. The van der Waals surface area contributed by atoms with Gasteiger partial charge in [-0.05, 0) is 53.9 Å². The number of aromatic nitrogens is 1. The van der Waals surface area contributed by atoms with E-state index in [9.17, 15) is 8.42 Å². The molecule has 0 unspecified atom stereocenters. The summed E-state index contributed by atoms with van der Waals surface area (Å²) in [6.07, 6.45) is 2.67. The summed E-state index contributed by atoms with van der Waals surface area (Å²) in [6.45, 7) is 4.06. The molecule has 24 heavy (non-hydrogen) atoms. The second kappa shape index (κ2) is 6.73. The largest absolute Gasteiger partial charge is 0.268 e. The maximum atomic E-state index is 13.3. The molecular weight excluding hydrogens is 386 g/mol. The van der Waals surface area contributed by atoms with E-state index in [1.807, 2.05) is 43.3 Å². The molecule has 0 radical (unpaired) electrons. The third kappa shape index (κ3) is 2.91. The lowest BCUT2D eigenvalue weighted by Crippen LogP contribution is -2.16. The van der Waals surface area contributed by atoms with Crippen LogP contribution in [0.4, 0.5) is 0 Å². The van der Waals surface area contributed by atoms with Crippen molar-refractivity contribution in [2.45, 2.75) is 38.0 Å². The number of aryl methyl sites for hydroxylation is 1. The van der Waals surface area contributed by atoms with Crippen LogP contribution in [0.25, 0.3) is 10.9 Å². The Labute approximate surface area is 151 Å². The van der Waals surface area contributed by atoms with Crippen molar-refractivity contribution in [2.75, 3.05) is 0 Å². The number of fused-ring (bicyclic) bond motifs is 1. The van der Waals surface area contributed by atoms with Crippen LogP contribution in [0.1, 0.15) is 31.0 Å². The summed E-state index contributed by atoms with van der Waals surface area (Å²) < 4.78 is 29.0. The molecule has 0 aliphatic rings. The predicted molar refractivity (Wildman–Crippen MR) is 102 cm³/mol. The zero-order chi connectivity index (χ0) is 17.3. The highest BCUT2D eigenvalue weighted by Gasteiger charge is 2.25. The molecule has 0 N–H and O–H groups in total. The first kappa shape index (κ1) is 17.2. The van der Waals surface area contributed by atoms with Gasteiger partial charge in [0.1, 0.15) is 0 Å². The van der Waals surface area contributed by atoms with Crippen molar-refractivity contribution >= 4 is 36.9 Å². The maximum Gasteiger partial charge on any atom is 0.268 e. The van der Waals surface area contributed by atoms with Gasteiger partial charge in [-0.3, -0.25) is 0 Å². The molecule has 0 aliphatic heterocycles. The van der Waals surface area contributed by atoms with Gasteiger partial charge < -0.3 is 0 Å². The van der Waals surface area contributed by atoms with Crippen LogP contribution < -0.4 is 0 Å². The number of halogens is 1. The van der Waals surface area contributed by atoms with Crippen molar-refractivity contribution < 1.29 is 8.42 Å². The smallest absolute Gasteiger partial charge is 0.237 e. The van der Waals surface area contributed by atoms with Gasteiger partial charge in [0, 0.05) is 15.6 Å². The maximum absolute atomic E-state index is 13.3. The Morgan fingerprint density at radius 3 is 2.38 bits per heavy atom. The van der Waals surface area contributed by atoms with Gasteiger partial charge in [-0.15, -0.1) is 0 Å². The number of hydrogen-bond donors (Lipinski definition) is 0. The summed E-state index contributed by atoms with van der Waals surface area (Å²) in [5.41, 5.74) is 2.58. The van der Waals surface area contributed by atoms with E-state index in [1.54, 1.807) is 12.1 Å². The van der Waals surface area contributed by atoms with Crippen molar-refractivity contribution in [1.82, 2.24) is 3.97 Å². The van der Waals surface area contributed by atoms with Gasteiger partial charge in [0.2, 0.25) is 0 Å². The molecule has 0 saturated carbocycles. The number of hydrogen-bond acceptors (Lipinski definition) is 2. The minimum absolute atomic E-state index is 0.319. The first-order valence-electron chi connectivity index (χ1n) is 8.07. The molecule has 3 rings (SSSR count). The van der Waals surface area contributed by atoms with Crippen LogP contribution in [-0.4, -0.2) is 12.4 Å². The SMILES string of the molecule is CCCCc1c(Br)c2ccccc2n1S(=O)(=O)c1ccc(C)cc1. The molecule has 0 amide bonds. The normalized spacial score (nSPS) is 12.0. The highest BCUT2D eigenvalue weighted by atomic mass is 79.9. The minimum Gasteiger partial charge on any atom is -0.237 e. The minimum atomic E-state index is -3.64. The van der Waals surface area contributed by atoms with Crippen LogP contribution in [0, 0.1) is 6.92 Å². The fraction of sp³-hybridized carbons (Fsp3) is 0.263. The summed E-state index contributed by atoms with van der Waals surface area (Å²) in [5, 5.41) is 0.930. The average molecular weight is 406 g/mol. The first-order chi connectivity index (χ1) is 11.5. The average Bonchev–Trinajstić information content (AvgIpc) is 2.86. The molecule has 126 valence electrons. The van der Waals surface area contributed by atoms with Crippen LogP contribution in [0.3, 0.4) is 0 Å². The van der Waals surface area contributed by atoms with E-state index in [2.05, 4.69) is 22.9 Å². The highest BCUT2D eigenvalue weighted by molar-refractivity contribution is 9.10. The van der Waals surface area contributed by atoms with Crippen LogP contribution in [-0.2, 0) is 16.4 Å². The Morgan fingerprint density at radius 1 is 1.04 bits per heavy atom. The topological polar surface area (TPSA) is 39.1 Å². The summed E-state index contributed by atoms with van der Waals surface area (Å²) >= 11 is 3.62. The Kier molecular flexibility index (Phi) is 4.83.